The first kappa shape index (κ1) is 15.3. The maximum atomic E-state index is 10.9. The van der Waals surface area contributed by atoms with Crippen LogP contribution in [-0.4, -0.2) is 21.3 Å². The van der Waals surface area contributed by atoms with Crippen molar-refractivity contribution in [3.05, 3.63) is 70.3 Å². The minimum absolute atomic E-state index is 0.0560. The summed E-state index contributed by atoms with van der Waals surface area (Å²) in [6.07, 6.45) is 0. The van der Waals surface area contributed by atoms with Crippen LogP contribution in [0, 0.1) is 0 Å². The molecule has 0 fully saturated rings. The Labute approximate surface area is 141 Å². The van der Waals surface area contributed by atoms with E-state index in [4.69, 9.17) is 9.84 Å². The Bertz CT molecular complexity index is 831. The van der Waals surface area contributed by atoms with E-state index in [9.17, 15) is 4.79 Å². The minimum atomic E-state index is -1.04. The van der Waals surface area contributed by atoms with Gasteiger partial charge in [-0.25, -0.2) is 4.79 Å². The number of hydrogen-bond acceptors (Lipinski definition) is 3. The summed E-state index contributed by atoms with van der Waals surface area (Å²) < 4.78 is 6.57. The van der Waals surface area contributed by atoms with E-state index in [0.717, 1.165) is 15.6 Å². The Balaban J connectivity index is 1.76. The number of aromatic amines is 1. The van der Waals surface area contributed by atoms with Crippen LogP contribution in [0.1, 0.15) is 16.1 Å². The highest BCUT2D eigenvalue weighted by atomic mass is 79.9. The molecular weight excluding hydrogens is 360 g/mol. The number of nitrogens with one attached hydrogen (secondary N) is 1. The molecule has 0 unspecified atom stereocenters. The summed E-state index contributed by atoms with van der Waals surface area (Å²) >= 11 is 3.47. The highest BCUT2D eigenvalue weighted by Crippen LogP contribution is 2.30. The van der Waals surface area contributed by atoms with Crippen LogP contribution in [0.5, 0.6) is 5.75 Å². The molecule has 6 heteroatoms. The molecule has 0 aliphatic rings. The van der Waals surface area contributed by atoms with E-state index in [0.29, 0.717) is 18.1 Å². The molecule has 0 saturated carbocycles. The van der Waals surface area contributed by atoms with Crippen LogP contribution in [0.15, 0.2) is 59.1 Å². The van der Waals surface area contributed by atoms with Crippen molar-refractivity contribution in [1.29, 1.82) is 0 Å². The van der Waals surface area contributed by atoms with Crippen molar-refractivity contribution in [2.45, 2.75) is 6.61 Å². The van der Waals surface area contributed by atoms with E-state index in [1.165, 1.54) is 6.07 Å². The normalized spacial score (nSPS) is 10.5. The lowest BCUT2D eigenvalue weighted by atomic mass is 10.1. The molecule has 1 heterocycles. The fraction of sp³-hybridized carbons (Fsp3) is 0.0588. The van der Waals surface area contributed by atoms with Crippen molar-refractivity contribution in [1.82, 2.24) is 10.2 Å². The number of H-pyrrole nitrogens is 1. The molecule has 0 radical (unpaired) electrons. The molecule has 23 heavy (non-hydrogen) atoms. The molecular formula is C17H13BrN2O3. The van der Waals surface area contributed by atoms with Crippen LogP contribution in [0.4, 0.5) is 0 Å². The average Bonchev–Trinajstić information content (AvgIpc) is 3.05. The molecule has 3 rings (SSSR count). The Morgan fingerprint density at radius 3 is 2.61 bits per heavy atom. The van der Waals surface area contributed by atoms with Gasteiger partial charge in [0, 0.05) is 5.56 Å². The zero-order chi connectivity index (χ0) is 16.2. The van der Waals surface area contributed by atoms with Crippen molar-refractivity contribution in [2.75, 3.05) is 0 Å². The van der Waals surface area contributed by atoms with Gasteiger partial charge in [-0.05, 0) is 45.8 Å². The van der Waals surface area contributed by atoms with Gasteiger partial charge in [-0.15, -0.1) is 0 Å². The molecule has 2 aromatic carbocycles. The molecule has 0 amide bonds. The topological polar surface area (TPSA) is 75.2 Å². The summed E-state index contributed by atoms with van der Waals surface area (Å²) in [6.45, 7) is 0.477. The largest absolute Gasteiger partial charge is 0.488 e. The molecule has 0 aliphatic heterocycles. The van der Waals surface area contributed by atoms with Gasteiger partial charge in [0.15, 0.2) is 0 Å². The van der Waals surface area contributed by atoms with Crippen LogP contribution in [0.25, 0.3) is 11.3 Å². The van der Waals surface area contributed by atoms with Gasteiger partial charge in [-0.1, -0.05) is 30.3 Å². The van der Waals surface area contributed by atoms with Crippen molar-refractivity contribution < 1.29 is 14.6 Å². The lowest BCUT2D eigenvalue weighted by molar-refractivity contribution is 0.0690. The Kier molecular flexibility index (Phi) is 4.43. The molecule has 0 saturated heterocycles. The van der Waals surface area contributed by atoms with Gasteiger partial charge < -0.3 is 9.84 Å². The molecule has 3 aromatic rings. The van der Waals surface area contributed by atoms with Gasteiger partial charge in [0.05, 0.1) is 10.2 Å². The van der Waals surface area contributed by atoms with Gasteiger partial charge >= 0.3 is 5.97 Å². The first-order valence-corrected chi connectivity index (χ1v) is 7.68. The van der Waals surface area contributed by atoms with Gasteiger partial charge in [0.1, 0.15) is 18.1 Å². The highest BCUT2D eigenvalue weighted by molar-refractivity contribution is 9.10. The first-order chi connectivity index (χ1) is 11.1. The van der Waals surface area contributed by atoms with Gasteiger partial charge in [-0.2, -0.15) is 5.10 Å². The number of rotatable bonds is 5. The average molecular weight is 373 g/mol. The number of hydrogen-bond donors (Lipinski definition) is 2. The monoisotopic (exact) mass is 372 g/mol. The molecule has 116 valence electrons. The van der Waals surface area contributed by atoms with E-state index < -0.39 is 5.97 Å². The molecule has 1 aromatic heterocycles. The number of carboxylic acid groups (broad SMARTS) is 1. The van der Waals surface area contributed by atoms with Crippen LogP contribution in [0.2, 0.25) is 0 Å². The number of aromatic nitrogens is 2. The van der Waals surface area contributed by atoms with Crippen molar-refractivity contribution in [3.8, 4) is 17.0 Å². The van der Waals surface area contributed by atoms with Gasteiger partial charge in [0.25, 0.3) is 0 Å². The zero-order valence-corrected chi connectivity index (χ0v) is 13.6. The lowest BCUT2D eigenvalue weighted by Gasteiger charge is -2.09. The second kappa shape index (κ2) is 6.66. The number of aromatic carboxylic acids is 1. The molecule has 0 bridgehead atoms. The fourth-order valence-corrected chi connectivity index (χ4v) is 2.58. The van der Waals surface area contributed by atoms with E-state index in [1.807, 2.05) is 48.5 Å². The molecule has 0 spiro atoms. The number of benzene rings is 2. The van der Waals surface area contributed by atoms with Crippen LogP contribution in [-0.2, 0) is 6.61 Å². The summed E-state index contributed by atoms with van der Waals surface area (Å²) in [6, 6.07) is 16.9. The van der Waals surface area contributed by atoms with Gasteiger partial charge in [-0.3, -0.25) is 5.10 Å². The third-order valence-electron chi connectivity index (χ3n) is 3.27. The van der Waals surface area contributed by atoms with Crippen LogP contribution < -0.4 is 4.74 Å². The zero-order valence-electron chi connectivity index (χ0n) is 12.0. The SMILES string of the molecule is O=C(O)c1cc(-c2ccc(OCc3ccccc3)c(Br)c2)n[nH]1. The van der Waals surface area contributed by atoms with E-state index in [-0.39, 0.29) is 5.69 Å². The third-order valence-corrected chi connectivity index (χ3v) is 3.89. The fourth-order valence-electron chi connectivity index (χ4n) is 2.09. The minimum Gasteiger partial charge on any atom is -0.488 e. The number of ether oxygens (including phenoxy) is 1. The molecule has 0 atom stereocenters. The number of carboxylic acids is 1. The number of halogens is 1. The van der Waals surface area contributed by atoms with E-state index in [1.54, 1.807) is 0 Å². The second-order valence-electron chi connectivity index (χ2n) is 4.89. The predicted molar refractivity (Wildman–Crippen MR) is 89.5 cm³/mol. The maximum absolute atomic E-state index is 10.9. The smallest absolute Gasteiger partial charge is 0.353 e. The lowest BCUT2D eigenvalue weighted by Crippen LogP contribution is -1.95. The number of carbonyl (C=O) groups is 1. The Hall–Kier alpha value is -2.60. The first-order valence-electron chi connectivity index (χ1n) is 6.89. The number of nitrogens with zero attached hydrogens (tertiary/aromatic N) is 1. The summed E-state index contributed by atoms with van der Waals surface area (Å²) in [4.78, 5) is 10.9. The van der Waals surface area contributed by atoms with Crippen LogP contribution in [0.3, 0.4) is 0 Å². The maximum Gasteiger partial charge on any atom is 0.353 e. The second-order valence-corrected chi connectivity index (χ2v) is 5.75. The van der Waals surface area contributed by atoms with Crippen molar-refractivity contribution in [3.63, 3.8) is 0 Å². The highest BCUT2D eigenvalue weighted by Gasteiger charge is 2.11. The summed E-state index contributed by atoms with van der Waals surface area (Å²) in [5, 5.41) is 15.4. The molecule has 0 aliphatic carbocycles. The summed E-state index contributed by atoms with van der Waals surface area (Å²) in [5.74, 6) is -0.322. The van der Waals surface area contributed by atoms with E-state index >= 15 is 0 Å². The summed E-state index contributed by atoms with van der Waals surface area (Å²) in [7, 11) is 0. The molecule has 2 N–H and O–H groups in total. The standard InChI is InChI=1S/C17H13BrN2O3/c18-13-8-12(14-9-15(17(21)22)20-19-14)6-7-16(13)23-10-11-4-2-1-3-5-11/h1-9H,10H2,(H,19,20)(H,21,22). The quantitative estimate of drug-likeness (QED) is 0.706. The Morgan fingerprint density at radius 2 is 1.96 bits per heavy atom. The molecule has 5 nitrogen and oxygen atoms in total. The van der Waals surface area contributed by atoms with Crippen LogP contribution >= 0.6 is 15.9 Å². The van der Waals surface area contributed by atoms with Gasteiger partial charge in [0.2, 0.25) is 0 Å². The third kappa shape index (κ3) is 3.60. The summed E-state index contributed by atoms with van der Waals surface area (Å²) in [5.41, 5.74) is 2.51. The van der Waals surface area contributed by atoms with Crippen molar-refractivity contribution >= 4 is 21.9 Å². The van der Waals surface area contributed by atoms with Crippen molar-refractivity contribution in [2.24, 2.45) is 0 Å². The van der Waals surface area contributed by atoms with E-state index in [2.05, 4.69) is 26.1 Å². The Morgan fingerprint density at radius 1 is 1.17 bits per heavy atom. The predicted octanol–water partition coefficient (Wildman–Crippen LogP) is 4.12.